The third-order valence-electron chi connectivity index (χ3n) is 4.77. The lowest BCUT2D eigenvalue weighted by atomic mass is 9.94. The first-order chi connectivity index (χ1) is 12.3. The van der Waals surface area contributed by atoms with Crippen LogP contribution in [0.5, 0.6) is 11.5 Å². The fourth-order valence-corrected chi connectivity index (χ4v) is 3.49. The Balaban J connectivity index is 1.87. The number of methoxy groups -OCH3 is 2. The van der Waals surface area contributed by atoms with Crippen molar-refractivity contribution in [3.8, 4) is 11.5 Å². The lowest BCUT2D eigenvalue weighted by Gasteiger charge is -2.11. The molecule has 0 radical (unpaired) electrons. The number of rotatable bonds is 4. The van der Waals surface area contributed by atoms with Gasteiger partial charge >= 0.3 is 0 Å². The highest BCUT2D eigenvalue weighted by Crippen LogP contribution is 2.42. The average molecular weight is 328 g/mol. The zero-order chi connectivity index (χ0) is 17.2. The molecule has 4 rings (SSSR count). The van der Waals surface area contributed by atoms with Crippen molar-refractivity contribution in [1.29, 1.82) is 0 Å². The van der Waals surface area contributed by atoms with E-state index in [0.29, 0.717) is 0 Å². The zero-order valence-corrected chi connectivity index (χ0v) is 14.5. The van der Waals surface area contributed by atoms with Gasteiger partial charge in [-0.1, -0.05) is 48.5 Å². The molecular weight excluding hydrogens is 308 g/mol. The molecule has 0 N–H and O–H groups in total. The van der Waals surface area contributed by atoms with E-state index < -0.39 is 0 Å². The van der Waals surface area contributed by atoms with Gasteiger partial charge in [0, 0.05) is 0 Å². The minimum atomic E-state index is 0.877. The van der Waals surface area contributed by atoms with Gasteiger partial charge in [-0.2, -0.15) is 0 Å². The molecule has 0 bridgehead atoms. The lowest BCUT2D eigenvalue weighted by molar-refractivity contribution is 0.414. The standard InChI is InChI=1S/C23H20O2/c1-24-19-11-7-16(8-12-19)22-15-18-5-3-4-6-21(18)23(22)17-9-13-20(25-2)14-10-17/h3-14H,15H2,1-2H3. The summed E-state index contributed by atoms with van der Waals surface area (Å²) in [6, 6.07) is 25.3. The van der Waals surface area contributed by atoms with Crippen molar-refractivity contribution < 1.29 is 9.47 Å². The van der Waals surface area contributed by atoms with Crippen molar-refractivity contribution in [3.05, 3.63) is 95.1 Å². The Bertz CT molecular complexity index is 919. The van der Waals surface area contributed by atoms with Crippen molar-refractivity contribution in [2.24, 2.45) is 0 Å². The largest absolute Gasteiger partial charge is 0.497 e. The summed E-state index contributed by atoms with van der Waals surface area (Å²) < 4.78 is 10.6. The van der Waals surface area contributed by atoms with E-state index in [-0.39, 0.29) is 0 Å². The fourth-order valence-electron chi connectivity index (χ4n) is 3.49. The maximum Gasteiger partial charge on any atom is 0.118 e. The quantitative estimate of drug-likeness (QED) is 0.654. The summed E-state index contributed by atoms with van der Waals surface area (Å²) in [5, 5.41) is 0. The smallest absolute Gasteiger partial charge is 0.118 e. The van der Waals surface area contributed by atoms with Crippen LogP contribution < -0.4 is 9.47 Å². The summed E-state index contributed by atoms with van der Waals surface area (Å²) in [6.07, 6.45) is 0.948. The third kappa shape index (κ3) is 2.80. The van der Waals surface area contributed by atoms with E-state index in [9.17, 15) is 0 Å². The van der Waals surface area contributed by atoms with Gasteiger partial charge in [-0.05, 0) is 64.1 Å². The zero-order valence-electron chi connectivity index (χ0n) is 14.5. The summed E-state index contributed by atoms with van der Waals surface area (Å²) in [5.74, 6) is 1.76. The molecule has 0 spiro atoms. The van der Waals surface area contributed by atoms with Crippen LogP contribution in [0.15, 0.2) is 72.8 Å². The highest BCUT2D eigenvalue weighted by Gasteiger charge is 2.23. The van der Waals surface area contributed by atoms with E-state index >= 15 is 0 Å². The van der Waals surface area contributed by atoms with E-state index in [1.165, 1.54) is 33.4 Å². The first-order valence-electron chi connectivity index (χ1n) is 8.40. The van der Waals surface area contributed by atoms with E-state index in [2.05, 4.69) is 48.5 Å². The predicted molar refractivity (Wildman–Crippen MR) is 102 cm³/mol. The summed E-state index contributed by atoms with van der Waals surface area (Å²) in [5.41, 5.74) is 7.81. The summed E-state index contributed by atoms with van der Waals surface area (Å²) in [4.78, 5) is 0. The molecular formula is C23H20O2. The second kappa shape index (κ2) is 6.48. The average Bonchev–Trinajstić information content (AvgIpc) is 3.07. The SMILES string of the molecule is COc1ccc(C2=C(c3ccc(OC)cc3)c3ccccc3C2)cc1. The molecule has 1 aliphatic carbocycles. The number of ether oxygens (including phenoxy) is 2. The number of hydrogen-bond acceptors (Lipinski definition) is 2. The summed E-state index contributed by atoms with van der Waals surface area (Å²) in [7, 11) is 3.39. The van der Waals surface area contributed by atoms with E-state index in [4.69, 9.17) is 9.47 Å². The fraction of sp³-hybridized carbons (Fsp3) is 0.130. The molecule has 0 aromatic heterocycles. The van der Waals surface area contributed by atoms with Gasteiger partial charge in [0.1, 0.15) is 11.5 Å². The van der Waals surface area contributed by atoms with Crippen LogP contribution in [-0.4, -0.2) is 14.2 Å². The summed E-state index contributed by atoms with van der Waals surface area (Å²) in [6.45, 7) is 0. The van der Waals surface area contributed by atoms with E-state index in [1.54, 1.807) is 14.2 Å². The normalized spacial score (nSPS) is 12.9. The summed E-state index contributed by atoms with van der Waals surface area (Å²) >= 11 is 0. The Hall–Kier alpha value is -3.00. The molecule has 0 heterocycles. The molecule has 3 aromatic rings. The van der Waals surface area contributed by atoms with Gasteiger partial charge in [0.05, 0.1) is 14.2 Å². The molecule has 0 unspecified atom stereocenters. The Morgan fingerprint density at radius 2 is 1.20 bits per heavy atom. The molecule has 3 aromatic carbocycles. The van der Waals surface area contributed by atoms with Crippen LogP contribution in [0.3, 0.4) is 0 Å². The number of hydrogen-bond donors (Lipinski definition) is 0. The van der Waals surface area contributed by atoms with Crippen LogP contribution in [0, 0.1) is 0 Å². The molecule has 2 nitrogen and oxygen atoms in total. The first kappa shape index (κ1) is 15.5. The lowest BCUT2D eigenvalue weighted by Crippen LogP contribution is -1.91. The van der Waals surface area contributed by atoms with Gasteiger partial charge in [0.25, 0.3) is 0 Å². The van der Waals surface area contributed by atoms with Gasteiger partial charge in [-0.25, -0.2) is 0 Å². The van der Waals surface area contributed by atoms with Crippen LogP contribution in [0.4, 0.5) is 0 Å². The monoisotopic (exact) mass is 328 g/mol. The third-order valence-corrected chi connectivity index (χ3v) is 4.77. The van der Waals surface area contributed by atoms with Gasteiger partial charge in [0.15, 0.2) is 0 Å². The minimum absolute atomic E-state index is 0.877. The number of allylic oxidation sites excluding steroid dienone is 1. The van der Waals surface area contributed by atoms with Gasteiger partial charge < -0.3 is 9.47 Å². The molecule has 0 fully saturated rings. The molecule has 1 aliphatic rings. The molecule has 124 valence electrons. The second-order valence-corrected chi connectivity index (χ2v) is 6.14. The Morgan fingerprint density at radius 3 is 1.80 bits per heavy atom. The minimum Gasteiger partial charge on any atom is -0.497 e. The Morgan fingerprint density at radius 1 is 0.640 bits per heavy atom. The predicted octanol–water partition coefficient (Wildman–Crippen LogP) is 5.22. The molecule has 0 atom stereocenters. The van der Waals surface area contributed by atoms with Crippen molar-refractivity contribution in [1.82, 2.24) is 0 Å². The Labute approximate surface area is 148 Å². The van der Waals surface area contributed by atoms with Crippen LogP contribution in [0.1, 0.15) is 22.3 Å². The molecule has 0 saturated heterocycles. The van der Waals surface area contributed by atoms with Crippen LogP contribution in [-0.2, 0) is 6.42 Å². The maximum atomic E-state index is 5.31. The van der Waals surface area contributed by atoms with Gasteiger partial charge in [-0.15, -0.1) is 0 Å². The van der Waals surface area contributed by atoms with E-state index in [1.807, 2.05) is 24.3 Å². The van der Waals surface area contributed by atoms with Crippen LogP contribution in [0.2, 0.25) is 0 Å². The van der Waals surface area contributed by atoms with Crippen LogP contribution in [0.25, 0.3) is 11.1 Å². The topological polar surface area (TPSA) is 18.5 Å². The number of benzene rings is 3. The van der Waals surface area contributed by atoms with E-state index in [0.717, 1.165) is 17.9 Å². The molecule has 2 heteroatoms. The highest BCUT2D eigenvalue weighted by atomic mass is 16.5. The molecule has 0 saturated carbocycles. The van der Waals surface area contributed by atoms with Crippen molar-refractivity contribution in [3.63, 3.8) is 0 Å². The number of fused-ring (bicyclic) bond motifs is 1. The first-order valence-corrected chi connectivity index (χ1v) is 8.40. The molecule has 0 amide bonds. The van der Waals surface area contributed by atoms with Crippen molar-refractivity contribution in [2.75, 3.05) is 14.2 Å². The Kier molecular flexibility index (Phi) is 4.02. The van der Waals surface area contributed by atoms with Gasteiger partial charge in [-0.3, -0.25) is 0 Å². The van der Waals surface area contributed by atoms with Gasteiger partial charge in [0.2, 0.25) is 0 Å². The van der Waals surface area contributed by atoms with Crippen molar-refractivity contribution >= 4 is 11.1 Å². The molecule has 0 aliphatic heterocycles. The highest BCUT2D eigenvalue weighted by molar-refractivity contribution is 6.03. The van der Waals surface area contributed by atoms with Crippen molar-refractivity contribution in [2.45, 2.75) is 6.42 Å². The molecule has 25 heavy (non-hydrogen) atoms. The second-order valence-electron chi connectivity index (χ2n) is 6.14. The maximum absolute atomic E-state index is 5.31. The van der Waals surface area contributed by atoms with Crippen LogP contribution >= 0.6 is 0 Å².